The number of rotatable bonds is 7. The summed E-state index contributed by atoms with van der Waals surface area (Å²) in [4.78, 5) is 4.43. The summed E-state index contributed by atoms with van der Waals surface area (Å²) in [6.45, 7) is -0.458. The van der Waals surface area contributed by atoms with Crippen LogP contribution in [0, 0.1) is 5.41 Å². The van der Waals surface area contributed by atoms with Crippen LogP contribution >= 0.6 is 0 Å². The normalized spacial score (nSPS) is 15.9. The van der Waals surface area contributed by atoms with Crippen LogP contribution in [0.25, 0.3) is 0 Å². The molecule has 9 nitrogen and oxygen atoms in total. The number of ether oxygens (including phenoxy) is 1. The molecule has 0 saturated carbocycles. The average molecular weight is 382 g/mol. The molecule has 1 aliphatic heterocycles. The minimum Gasteiger partial charge on any atom is -0.458 e. The van der Waals surface area contributed by atoms with Crippen molar-refractivity contribution in [1.82, 2.24) is 5.01 Å². The van der Waals surface area contributed by atoms with Crippen molar-refractivity contribution in [2.24, 2.45) is 21.6 Å². The summed E-state index contributed by atoms with van der Waals surface area (Å²) < 4.78 is 5.27. The van der Waals surface area contributed by atoms with E-state index in [2.05, 4.69) is 10.1 Å². The van der Waals surface area contributed by atoms with Gasteiger partial charge >= 0.3 is 0 Å². The Morgan fingerprint density at radius 3 is 2.36 bits per heavy atom. The molecule has 1 aliphatic rings. The molecule has 0 saturated heterocycles. The molecule has 0 atom stereocenters. The van der Waals surface area contributed by atoms with Crippen LogP contribution in [0.5, 0.6) is 5.75 Å². The third kappa shape index (κ3) is 4.59. The lowest BCUT2D eigenvalue weighted by atomic mass is 10.2. The van der Waals surface area contributed by atoms with Gasteiger partial charge in [-0.2, -0.15) is 5.10 Å². The number of aliphatic hydroxyl groups excluding tert-OH is 2. The second kappa shape index (κ2) is 8.28. The topological polar surface area (TPSA) is 154 Å². The van der Waals surface area contributed by atoms with E-state index in [1.54, 1.807) is 24.3 Å². The van der Waals surface area contributed by atoms with Crippen LogP contribution in [0.1, 0.15) is 5.56 Å². The second-order valence-corrected chi connectivity index (χ2v) is 6.27. The number of nitrogens with one attached hydrogen (secondary N) is 1. The highest BCUT2D eigenvalue weighted by molar-refractivity contribution is 6.70. The van der Waals surface area contributed by atoms with Crippen LogP contribution in [0.15, 0.2) is 64.7 Å². The average Bonchev–Trinajstić information content (AvgIpc) is 2.99. The molecule has 2 aromatic rings. The summed E-state index contributed by atoms with van der Waals surface area (Å²) in [5.41, 5.74) is 13.3. The molecule has 0 aromatic heterocycles. The molecule has 0 bridgehead atoms. The van der Waals surface area contributed by atoms with Crippen molar-refractivity contribution in [3.8, 4) is 5.75 Å². The van der Waals surface area contributed by atoms with Gasteiger partial charge in [0.1, 0.15) is 23.8 Å². The maximum Gasteiger partial charge on any atom is 0.236 e. The Bertz CT molecular complexity index is 894. The van der Waals surface area contributed by atoms with E-state index in [0.29, 0.717) is 29.4 Å². The Balaban J connectivity index is 1.77. The molecule has 0 amide bonds. The number of hydrogen-bond acceptors (Lipinski definition) is 8. The highest BCUT2D eigenvalue weighted by atomic mass is 16.5. The predicted octanol–water partition coefficient (Wildman–Crippen LogP) is 0.543. The van der Waals surface area contributed by atoms with Crippen molar-refractivity contribution in [2.45, 2.75) is 12.4 Å². The van der Waals surface area contributed by atoms with Crippen LogP contribution in [-0.2, 0) is 6.54 Å². The van der Waals surface area contributed by atoms with E-state index in [1.165, 1.54) is 5.01 Å². The molecule has 0 radical (unpaired) electrons. The molecule has 0 fully saturated rings. The quantitative estimate of drug-likeness (QED) is 0.441. The van der Waals surface area contributed by atoms with E-state index in [4.69, 9.17) is 26.7 Å². The fourth-order valence-electron chi connectivity index (χ4n) is 2.57. The van der Waals surface area contributed by atoms with Crippen LogP contribution in [0.4, 0.5) is 5.69 Å². The summed E-state index contributed by atoms with van der Waals surface area (Å²) in [7, 11) is 0. The van der Waals surface area contributed by atoms with Gasteiger partial charge in [-0.25, -0.2) is 10.0 Å². The minimum absolute atomic E-state index is 0.108. The van der Waals surface area contributed by atoms with Gasteiger partial charge in [0.15, 0.2) is 5.84 Å². The van der Waals surface area contributed by atoms with E-state index < -0.39 is 12.5 Å². The number of nitrogens with zero attached hydrogens (tertiary/aromatic N) is 3. The summed E-state index contributed by atoms with van der Waals surface area (Å²) in [6, 6.07) is 16.1. The van der Waals surface area contributed by atoms with Crippen molar-refractivity contribution in [3.63, 3.8) is 0 Å². The first-order chi connectivity index (χ1) is 13.4. The van der Waals surface area contributed by atoms with E-state index >= 15 is 0 Å². The lowest BCUT2D eigenvalue weighted by Gasteiger charge is -2.23. The van der Waals surface area contributed by atoms with Gasteiger partial charge < -0.3 is 14.9 Å². The molecule has 0 aliphatic carbocycles. The summed E-state index contributed by atoms with van der Waals surface area (Å²) in [5, 5.41) is 32.8. The highest BCUT2D eigenvalue weighted by Gasteiger charge is 2.28. The molecular formula is C19H22N6O3. The zero-order chi connectivity index (χ0) is 20.1. The summed E-state index contributed by atoms with van der Waals surface area (Å²) in [5.74, 6) is -1.20. The van der Waals surface area contributed by atoms with E-state index in [-0.39, 0.29) is 12.4 Å². The number of aliphatic imine (C=N–C) groups is 1. The number of amidine groups is 1. The SMILES string of the molecule is N=C1C(=Nc2ccc(OC(N)(N)CO)cc2)C(CO)=NN1Cc1ccccc1. The van der Waals surface area contributed by atoms with Crippen LogP contribution in [0.2, 0.25) is 0 Å². The fraction of sp³-hybridized carbons (Fsp3) is 0.211. The van der Waals surface area contributed by atoms with Gasteiger partial charge in [0.2, 0.25) is 5.85 Å². The highest BCUT2D eigenvalue weighted by Crippen LogP contribution is 2.22. The third-order valence-electron chi connectivity index (χ3n) is 3.95. The second-order valence-electron chi connectivity index (χ2n) is 6.27. The van der Waals surface area contributed by atoms with Crippen molar-refractivity contribution < 1.29 is 14.9 Å². The molecular weight excluding hydrogens is 360 g/mol. The van der Waals surface area contributed by atoms with Crippen LogP contribution < -0.4 is 16.2 Å². The zero-order valence-electron chi connectivity index (χ0n) is 15.1. The number of aliphatic hydroxyl groups is 2. The smallest absolute Gasteiger partial charge is 0.236 e. The van der Waals surface area contributed by atoms with Gasteiger partial charge in [-0.3, -0.25) is 16.9 Å². The van der Waals surface area contributed by atoms with Gasteiger partial charge in [0.25, 0.3) is 0 Å². The minimum atomic E-state index is -1.67. The summed E-state index contributed by atoms with van der Waals surface area (Å²) in [6.07, 6.45) is 0. The molecule has 3 rings (SSSR count). The van der Waals surface area contributed by atoms with E-state index in [1.807, 2.05) is 30.3 Å². The molecule has 0 unspecified atom stereocenters. The maximum atomic E-state index is 9.61. The number of hydrazone groups is 1. The lowest BCUT2D eigenvalue weighted by Crippen LogP contribution is -2.57. The summed E-state index contributed by atoms with van der Waals surface area (Å²) >= 11 is 0. The van der Waals surface area contributed by atoms with Gasteiger partial charge in [0, 0.05) is 0 Å². The fourth-order valence-corrected chi connectivity index (χ4v) is 2.57. The zero-order valence-corrected chi connectivity index (χ0v) is 15.1. The Hall–Kier alpha value is -3.11. The van der Waals surface area contributed by atoms with Gasteiger partial charge in [-0.05, 0) is 29.8 Å². The Morgan fingerprint density at radius 1 is 1.07 bits per heavy atom. The molecule has 7 N–H and O–H groups in total. The van der Waals surface area contributed by atoms with Crippen molar-refractivity contribution >= 4 is 22.9 Å². The van der Waals surface area contributed by atoms with Gasteiger partial charge in [-0.15, -0.1) is 0 Å². The standard InChI is InChI=1S/C19H22N6O3/c20-18-17(16(11-26)24-25(18)10-13-4-2-1-3-5-13)23-14-6-8-15(9-7-14)28-19(21,22)12-27/h1-9,20,26-27H,10-12,21-22H2. The maximum absolute atomic E-state index is 9.61. The first kappa shape index (κ1) is 19.6. The van der Waals surface area contributed by atoms with Crippen LogP contribution in [0.3, 0.4) is 0 Å². The van der Waals surface area contributed by atoms with Gasteiger partial charge in [0.05, 0.1) is 18.8 Å². The predicted molar refractivity (Wildman–Crippen MR) is 107 cm³/mol. The molecule has 146 valence electrons. The van der Waals surface area contributed by atoms with Crippen LogP contribution in [-0.4, -0.2) is 51.5 Å². The van der Waals surface area contributed by atoms with Crippen molar-refractivity contribution in [2.75, 3.05) is 13.2 Å². The van der Waals surface area contributed by atoms with Crippen molar-refractivity contribution in [1.29, 1.82) is 5.41 Å². The largest absolute Gasteiger partial charge is 0.458 e. The number of nitrogens with two attached hydrogens (primary N) is 2. The molecule has 9 heteroatoms. The van der Waals surface area contributed by atoms with Crippen molar-refractivity contribution in [3.05, 3.63) is 60.2 Å². The Kier molecular flexibility index (Phi) is 5.81. The van der Waals surface area contributed by atoms with E-state index in [9.17, 15) is 5.11 Å². The number of benzene rings is 2. The molecule has 2 aromatic carbocycles. The van der Waals surface area contributed by atoms with E-state index in [0.717, 1.165) is 5.56 Å². The molecule has 0 spiro atoms. The molecule has 28 heavy (non-hydrogen) atoms. The lowest BCUT2D eigenvalue weighted by molar-refractivity contribution is 0.0198. The monoisotopic (exact) mass is 382 g/mol. The molecule has 1 heterocycles. The third-order valence-corrected chi connectivity index (χ3v) is 3.95. The first-order valence-electron chi connectivity index (χ1n) is 8.57. The Morgan fingerprint density at radius 2 is 1.75 bits per heavy atom. The number of hydrogen-bond donors (Lipinski definition) is 5. The first-order valence-corrected chi connectivity index (χ1v) is 8.57. The van der Waals surface area contributed by atoms with Gasteiger partial charge in [-0.1, -0.05) is 30.3 Å². The Labute approximate surface area is 162 Å².